The zero-order chi connectivity index (χ0) is 15.7. The van der Waals surface area contributed by atoms with Crippen molar-refractivity contribution in [1.29, 1.82) is 0 Å². The van der Waals surface area contributed by atoms with Crippen LogP contribution in [0.3, 0.4) is 0 Å². The average Bonchev–Trinajstić information content (AvgIpc) is 2.38. The van der Waals surface area contributed by atoms with E-state index in [0.717, 1.165) is 26.8 Å². The fourth-order valence-corrected chi connectivity index (χ4v) is 5.20. The predicted molar refractivity (Wildman–Crippen MR) is 89.4 cm³/mol. The molecule has 2 aromatic carbocycles. The molecule has 0 amide bonds. The van der Waals surface area contributed by atoms with Crippen molar-refractivity contribution in [2.75, 3.05) is 0 Å². The molecule has 0 aliphatic carbocycles. The number of benzene rings is 2. The maximum absolute atomic E-state index is 12.6. The predicted octanol–water partition coefficient (Wildman–Crippen LogP) is 4.77. The van der Waals surface area contributed by atoms with Gasteiger partial charge in [-0.15, -0.1) is 0 Å². The molecule has 4 heteroatoms. The van der Waals surface area contributed by atoms with Crippen LogP contribution >= 0.6 is 10.8 Å². The van der Waals surface area contributed by atoms with E-state index in [2.05, 4.69) is 20.8 Å². The van der Waals surface area contributed by atoms with Crippen molar-refractivity contribution in [2.24, 2.45) is 0 Å². The van der Waals surface area contributed by atoms with Crippen molar-refractivity contribution in [1.82, 2.24) is 0 Å². The van der Waals surface area contributed by atoms with Gasteiger partial charge in [-0.3, -0.25) is 0 Å². The van der Waals surface area contributed by atoms with Gasteiger partial charge in [0.2, 0.25) is 8.87 Å². The first kappa shape index (κ1) is 16.1. The number of hydrogen-bond acceptors (Lipinski definition) is 3. The summed E-state index contributed by atoms with van der Waals surface area (Å²) in [5.74, 6) is 0. The number of hydrogen-bond donors (Lipinski definition) is 0. The average molecular weight is 320 g/mol. The third-order valence-corrected chi connectivity index (χ3v) is 6.58. The molecule has 112 valence electrons. The topological polar surface area (TPSA) is 34.1 Å². The maximum Gasteiger partial charge on any atom is 0.234 e. The quantitative estimate of drug-likeness (QED) is 0.764. The molecule has 0 atom stereocenters. The van der Waals surface area contributed by atoms with E-state index in [4.69, 9.17) is 0 Å². The molecule has 21 heavy (non-hydrogen) atoms. The number of aryl methyl sites for hydroxylation is 1. The summed E-state index contributed by atoms with van der Waals surface area (Å²) in [6.07, 6.45) is 0. The molecule has 2 nitrogen and oxygen atoms in total. The molecule has 0 aromatic heterocycles. The first-order valence-electron chi connectivity index (χ1n) is 6.81. The van der Waals surface area contributed by atoms with E-state index in [1.54, 1.807) is 12.1 Å². The molecule has 0 aliphatic rings. The van der Waals surface area contributed by atoms with Gasteiger partial charge in [-0.1, -0.05) is 56.7 Å². The van der Waals surface area contributed by atoms with E-state index < -0.39 is 8.87 Å². The Morgan fingerprint density at radius 1 is 0.905 bits per heavy atom. The summed E-state index contributed by atoms with van der Waals surface area (Å²) in [6.45, 7) is 8.21. The zero-order valence-corrected chi connectivity index (χ0v) is 14.4. The molecular weight excluding hydrogens is 300 g/mol. The highest BCUT2D eigenvalue weighted by Gasteiger charge is 2.23. The van der Waals surface area contributed by atoms with E-state index >= 15 is 0 Å². The van der Waals surface area contributed by atoms with Crippen LogP contribution in [0.4, 0.5) is 0 Å². The fraction of sp³-hybridized carbons (Fsp3) is 0.294. The first-order chi connectivity index (χ1) is 9.70. The summed E-state index contributed by atoms with van der Waals surface area (Å²) in [6, 6.07) is 14.7. The van der Waals surface area contributed by atoms with Crippen LogP contribution in [-0.4, -0.2) is 8.42 Å². The van der Waals surface area contributed by atoms with Gasteiger partial charge in [0.15, 0.2) is 0 Å². The highest BCUT2D eigenvalue weighted by atomic mass is 33.1. The lowest BCUT2D eigenvalue weighted by atomic mass is 9.87. The van der Waals surface area contributed by atoms with Gasteiger partial charge in [-0.05, 0) is 36.1 Å². The molecule has 0 unspecified atom stereocenters. The fourth-order valence-electron chi connectivity index (χ4n) is 2.03. The van der Waals surface area contributed by atoms with E-state index in [-0.39, 0.29) is 5.41 Å². The Morgan fingerprint density at radius 3 is 2.05 bits per heavy atom. The highest BCUT2D eigenvalue weighted by molar-refractivity contribution is 8.72. The largest absolute Gasteiger partial charge is 0.234 e. The molecule has 0 heterocycles. The lowest BCUT2D eigenvalue weighted by Crippen LogP contribution is -2.12. The standard InChI is InChI=1S/C17H20O2S2/c1-13-9-11-14(12-10-13)21(18,19)20-16-8-6-5-7-15(16)17(2,3)4/h5-12H,1-4H3. The lowest BCUT2D eigenvalue weighted by molar-refractivity contribution is 0.578. The van der Waals surface area contributed by atoms with Crippen molar-refractivity contribution in [3.05, 3.63) is 59.7 Å². The smallest absolute Gasteiger partial charge is 0.212 e. The summed E-state index contributed by atoms with van der Waals surface area (Å²) in [5.41, 5.74) is 2.01. The summed E-state index contributed by atoms with van der Waals surface area (Å²) in [7, 11) is -2.47. The molecule has 0 spiro atoms. The molecule has 2 rings (SSSR count). The normalized spacial score (nSPS) is 12.4. The molecule has 0 N–H and O–H groups in total. The molecule has 0 saturated carbocycles. The minimum atomic E-state index is -3.40. The molecule has 2 aromatic rings. The van der Waals surface area contributed by atoms with Gasteiger partial charge in [0.25, 0.3) is 0 Å². The second-order valence-corrected chi connectivity index (χ2v) is 9.90. The van der Waals surface area contributed by atoms with E-state index in [1.165, 1.54) is 0 Å². The molecule has 0 saturated heterocycles. The molecular formula is C17H20O2S2. The van der Waals surface area contributed by atoms with Gasteiger partial charge in [0.05, 0.1) is 4.90 Å². The van der Waals surface area contributed by atoms with Crippen LogP contribution in [0.2, 0.25) is 0 Å². The van der Waals surface area contributed by atoms with Crippen LogP contribution in [0.1, 0.15) is 31.9 Å². The van der Waals surface area contributed by atoms with Gasteiger partial charge in [0, 0.05) is 15.7 Å². The van der Waals surface area contributed by atoms with E-state index in [1.807, 2.05) is 43.3 Å². The Morgan fingerprint density at radius 2 is 1.48 bits per heavy atom. The summed E-state index contributed by atoms with van der Waals surface area (Å²) >= 11 is 0. The SMILES string of the molecule is Cc1ccc(S(=O)(=O)Sc2ccccc2C(C)(C)C)cc1. The Labute approximate surface area is 130 Å². The van der Waals surface area contributed by atoms with Crippen LogP contribution < -0.4 is 0 Å². The van der Waals surface area contributed by atoms with E-state index in [9.17, 15) is 8.42 Å². The minimum Gasteiger partial charge on any atom is -0.212 e. The van der Waals surface area contributed by atoms with Gasteiger partial charge < -0.3 is 0 Å². The monoisotopic (exact) mass is 320 g/mol. The first-order valence-corrected chi connectivity index (χ1v) is 9.62. The summed E-state index contributed by atoms with van der Waals surface area (Å²) < 4.78 is 25.1. The van der Waals surface area contributed by atoms with Gasteiger partial charge >= 0.3 is 0 Å². The lowest BCUT2D eigenvalue weighted by Gasteiger charge is -2.22. The molecule has 0 radical (unpaired) electrons. The van der Waals surface area contributed by atoms with Crippen LogP contribution in [0.25, 0.3) is 0 Å². The zero-order valence-electron chi connectivity index (χ0n) is 12.8. The van der Waals surface area contributed by atoms with Crippen LogP contribution in [-0.2, 0) is 14.3 Å². The van der Waals surface area contributed by atoms with Gasteiger partial charge in [0.1, 0.15) is 0 Å². The van der Waals surface area contributed by atoms with Crippen molar-refractivity contribution < 1.29 is 8.42 Å². The highest BCUT2D eigenvalue weighted by Crippen LogP contribution is 2.37. The van der Waals surface area contributed by atoms with Crippen LogP contribution in [0, 0.1) is 6.92 Å². The number of rotatable bonds is 3. The second kappa shape index (κ2) is 5.85. The third kappa shape index (κ3) is 3.89. The Bertz CT molecular complexity index is 724. The van der Waals surface area contributed by atoms with Crippen molar-refractivity contribution in [3.8, 4) is 0 Å². The maximum atomic E-state index is 12.6. The van der Waals surface area contributed by atoms with Crippen molar-refractivity contribution >= 4 is 19.7 Å². The summed E-state index contributed by atoms with van der Waals surface area (Å²) in [5, 5.41) is 0. The van der Waals surface area contributed by atoms with E-state index in [0.29, 0.717) is 4.90 Å². The third-order valence-electron chi connectivity index (χ3n) is 3.20. The Balaban J connectivity index is 2.40. The molecule has 0 fully saturated rings. The Kier molecular flexibility index (Phi) is 4.49. The minimum absolute atomic E-state index is 0.0909. The van der Waals surface area contributed by atoms with Crippen molar-refractivity contribution in [2.45, 2.75) is 42.9 Å². The molecule has 0 bridgehead atoms. The Hall–Kier alpha value is -1.26. The second-order valence-electron chi connectivity index (χ2n) is 6.10. The van der Waals surface area contributed by atoms with Crippen molar-refractivity contribution in [3.63, 3.8) is 0 Å². The summed E-state index contributed by atoms with van der Waals surface area (Å²) in [4.78, 5) is 1.15. The molecule has 0 aliphatic heterocycles. The van der Waals surface area contributed by atoms with Gasteiger partial charge in [-0.25, -0.2) is 8.42 Å². The van der Waals surface area contributed by atoms with Crippen LogP contribution in [0.5, 0.6) is 0 Å². The van der Waals surface area contributed by atoms with Gasteiger partial charge in [-0.2, -0.15) is 0 Å². The van der Waals surface area contributed by atoms with Crippen LogP contribution in [0.15, 0.2) is 58.3 Å².